The summed E-state index contributed by atoms with van der Waals surface area (Å²) in [5, 5.41) is 4.04. The summed E-state index contributed by atoms with van der Waals surface area (Å²) in [6.07, 6.45) is 0.592. The summed E-state index contributed by atoms with van der Waals surface area (Å²) in [6.45, 7) is 0.233. The van der Waals surface area contributed by atoms with Crippen molar-refractivity contribution >= 4 is 52.4 Å². The van der Waals surface area contributed by atoms with Crippen molar-refractivity contribution in [1.82, 2.24) is 0 Å². The molecule has 3 rings (SSSR count). The maximum Gasteiger partial charge on any atom is 0.339 e. The highest BCUT2D eigenvalue weighted by atomic mass is 35.5. The number of halogens is 3. The molecule has 172 valence electrons. The lowest BCUT2D eigenvalue weighted by Gasteiger charge is -2.14. The molecule has 9 heteroatoms. The number of para-hydroxylation sites is 1. The third kappa shape index (κ3) is 7.02. The molecule has 1 amide bonds. The smallest absolute Gasteiger partial charge is 0.339 e. The van der Waals surface area contributed by atoms with Gasteiger partial charge in [-0.1, -0.05) is 46.9 Å². The number of carbonyl (C=O) groups excluding carboxylic acids is 2. The van der Waals surface area contributed by atoms with Gasteiger partial charge in [0.2, 0.25) is 5.91 Å². The van der Waals surface area contributed by atoms with E-state index in [1.54, 1.807) is 60.7 Å². The summed E-state index contributed by atoms with van der Waals surface area (Å²) in [7, 11) is 1.28. The van der Waals surface area contributed by atoms with Gasteiger partial charge >= 0.3 is 5.97 Å². The molecule has 0 aliphatic rings. The van der Waals surface area contributed by atoms with Crippen molar-refractivity contribution in [2.24, 2.45) is 0 Å². The number of nitrogens with one attached hydrogen (secondary N) is 1. The van der Waals surface area contributed by atoms with E-state index in [1.165, 1.54) is 7.11 Å². The lowest BCUT2D eigenvalue weighted by molar-refractivity contribution is -0.116. The molecular weight excluding hydrogens is 489 g/mol. The highest BCUT2D eigenvalue weighted by Gasteiger charge is 2.14. The highest BCUT2D eigenvalue weighted by molar-refractivity contribution is 6.35. The van der Waals surface area contributed by atoms with Crippen molar-refractivity contribution in [1.29, 1.82) is 0 Å². The zero-order valence-corrected chi connectivity index (χ0v) is 19.8. The quantitative estimate of drug-likeness (QED) is 0.248. The van der Waals surface area contributed by atoms with Gasteiger partial charge in [0.05, 0.1) is 30.0 Å². The van der Waals surface area contributed by atoms with Crippen LogP contribution in [0.15, 0.2) is 60.7 Å². The van der Waals surface area contributed by atoms with Crippen molar-refractivity contribution in [3.8, 4) is 17.2 Å². The first-order valence-corrected chi connectivity index (χ1v) is 11.0. The molecule has 0 saturated carbocycles. The van der Waals surface area contributed by atoms with Gasteiger partial charge in [-0.25, -0.2) is 4.79 Å². The summed E-state index contributed by atoms with van der Waals surface area (Å²) in [5.74, 6) is 0.455. The Morgan fingerprint density at radius 2 is 1.58 bits per heavy atom. The summed E-state index contributed by atoms with van der Waals surface area (Å²) < 4.78 is 16.4. The molecule has 0 aliphatic carbocycles. The molecule has 0 fully saturated rings. The number of hydrogen-bond donors (Lipinski definition) is 1. The Balaban J connectivity index is 1.57. The van der Waals surface area contributed by atoms with Gasteiger partial charge in [0.25, 0.3) is 0 Å². The van der Waals surface area contributed by atoms with E-state index in [0.717, 1.165) is 0 Å². The van der Waals surface area contributed by atoms with Crippen molar-refractivity contribution in [2.45, 2.75) is 12.8 Å². The Kier molecular flexibility index (Phi) is 8.83. The van der Waals surface area contributed by atoms with Gasteiger partial charge in [0, 0.05) is 22.5 Å². The van der Waals surface area contributed by atoms with E-state index in [2.05, 4.69) is 5.32 Å². The Bertz CT molecular complexity index is 1150. The first-order valence-electron chi connectivity index (χ1n) is 9.90. The Labute approximate surface area is 206 Å². The number of carbonyl (C=O) groups is 2. The average molecular weight is 509 g/mol. The van der Waals surface area contributed by atoms with Gasteiger partial charge in [-0.15, -0.1) is 0 Å². The van der Waals surface area contributed by atoms with E-state index < -0.39 is 5.97 Å². The molecule has 6 nitrogen and oxygen atoms in total. The van der Waals surface area contributed by atoms with Crippen molar-refractivity contribution in [2.75, 3.05) is 19.0 Å². The fourth-order valence-corrected chi connectivity index (χ4v) is 3.47. The topological polar surface area (TPSA) is 73.9 Å². The molecule has 0 aromatic heterocycles. The van der Waals surface area contributed by atoms with E-state index >= 15 is 0 Å². The zero-order chi connectivity index (χ0) is 23.8. The third-order valence-corrected chi connectivity index (χ3v) is 5.20. The monoisotopic (exact) mass is 507 g/mol. The summed E-state index contributed by atoms with van der Waals surface area (Å²) in [4.78, 5) is 24.2. The molecular formula is C24H20Cl3NO5. The van der Waals surface area contributed by atoms with Gasteiger partial charge in [0.1, 0.15) is 5.75 Å². The highest BCUT2D eigenvalue weighted by Crippen LogP contribution is 2.37. The van der Waals surface area contributed by atoms with Crippen LogP contribution < -0.4 is 14.8 Å². The Hall–Kier alpha value is -2.93. The summed E-state index contributed by atoms with van der Waals surface area (Å²) in [5.41, 5.74) is 0.673. The molecule has 0 heterocycles. The standard InChI is InChI=1S/C24H20Cl3NO5/c1-31-24(30)17-5-2-3-6-19(17)28-23(29)7-4-12-32-22-14-16(26)9-11-21(22)33-20-10-8-15(25)13-18(20)27/h2-3,5-6,8-11,13-14H,4,7,12H2,1H3,(H,28,29). The fourth-order valence-electron chi connectivity index (χ4n) is 2.86. The SMILES string of the molecule is COC(=O)c1ccccc1NC(=O)CCCOc1cc(Cl)ccc1Oc1ccc(Cl)cc1Cl. The number of amides is 1. The average Bonchev–Trinajstić information content (AvgIpc) is 2.79. The lowest BCUT2D eigenvalue weighted by atomic mass is 10.1. The second-order valence-electron chi connectivity index (χ2n) is 6.81. The van der Waals surface area contributed by atoms with Gasteiger partial charge in [-0.2, -0.15) is 0 Å². The second-order valence-corrected chi connectivity index (χ2v) is 8.09. The summed E-state index contributed by atoms with van der Waals surface area (Å²) >= 11 is 18.2. The molecule has 0 bridgehead atoms. The number of hydrogen-bond acceptors (Lipinski definition) is 5. The van der Waals surface area contributed by atoms with E-state index in [0.29, 0.717) is 44.4 Å². The van der Waals surface area contributed by atoms with Crippen LogP contribution in [0, 0.1) is 0 Å². The van der Waals surface area contributed by atoms with Crippen LogP contribution in [0.3, 0.4) is 0 Å². The summed E-state index contributed by atoms with van der Waals surface area (Å²) in [6, 6.07) is 16.5. The number of ether oxygens (including phenoxy) is 3. The van der Waals surface area contributed by atoms with Crippen molar-refractivity contribution in [3.63, 3.8) is 0 Å². The van der Waals surface area contributed by atoms with Crippen LogP contribution in [0.5, 0.6) is 17.2 Å². The van der Waals surface area contributed by atoms with Crippen LogP contribution in [0.2, 0.25) is 15.1 Å². The van der Waals surface area contributed by atoms with Gasteiger partial charge < -0.3 is 19.5 Å². The lowest BCUT2D eigenvalue weighted by Crippen LogP contribution is -2.16. The molecule has 3 aromatic carbocycles. The normalized spacial score (nSPS) is 10.4. The fraction of sp³-hybridized carbons (Fsp3) is 0.167. The van der Waals surface area contributed by atoms with Crippen LogP contribution in [-0.4, -0.2) is 25.6 Å². The molecule has 0 aliphatic heterocycles. The molecule has 1 N–H and O–H groups in total. The van der Waals surface area contributed by atoms with Crippen molar-refractivity contribution in [3.05, 3.63) is 81.3 Å². The van der Waals surface area contributed by atoms with Gasteiger partial charge in [0.15, 0.2) is 11.5 Å². The second kappa shape index (κ2) is 11.8. The molecule has 0 unspecified atom stereocenters. The molecule has 0 atom stereocenters. The number of rotatable bonds is 9. The van der Waals surface area contributed by atoms with Crippen molar-refractivity contribution < 1.29 is 23.8 Å². The molecule has 0 saturated heterocycles. The van der Waals surface area contributed by atoms with Gasteiger partial charge in [-0.05, 0) is 48.9 Å². The maximum atomic E-state index is 12.3. The minimum Gasteiger partial charge on any atom is -0.490 e. The minimum absolute atomic E-state index is 0.176. The number of esters is 1. The first-order chi connectivity index (χ1) is 15.9. The van der Waals surface area contributed by atoms with E-state index in [1.807, 2.05) is 0 Å². The van der Waals surface area contributed by atoms with Crippen LogP contribution in [-0.2, 0) is 9.53 Å². The molecule has 0 spiro atoms. The van der Waals surface area contributed by atoms with Crippen LogP contribution in [0.1, 0.15) is 23.2 Å². The van der Waals surface area contributed by atoms with E-state index in [4.69, 9.17) is 49.0 Å². The van der Waals surface area contributed by atoms with Gasteiger partial charge in [-0.3, -0.25) is 4.79 Å². The zero-order valence-electron chi connectivity index (χ0n) is 17.6. The number of anilines is 1. The predicted molar refractivity (Wildman–Crippen MR) is 129 cm³/mol. The van der Waals surface area contributed by atoms with Crippen LogP contribution in [0.4, 0.5) is 5.69 Å². The van der Waals surface area contributed by atoms with Crippen LogP contribution in [0.25, 0.3) is 0 Å². The Morgan fingerprint density at radius 3 is 2.30 bits per heavy atom. The molecule has 33 heavy (non-hydrogen) atoms. The molecule has 0 radical (unpaired) electrons. The van der Waals surface area contributed by atoms with E-state index in [9.17, 15) is 9.59 Å². The Morgan fingerprint density at radius 1 is 0.879 bits per heavy atom. The number of methoxy groups -OCH3 is 1. The number of benzene rings is 3. The first kappa shape index (κ1) is 24.7. The van der Waals surface area contributed by atoms with Crippen LogP contribution >= 0.6 is 34.8 Å². The maximum absolute atomic E-state index is 12.3. The third-order valence-electron chi connectivity index (χ3n) is 4.43. The largest absolute Gasteiger partial charge is 0.490 e. The van der Waals surface area contributed by atoms with E-state index in [-0.39, 0.29) is 24.5 Å². The predicted octanol–water partition coefficient (Wildman–Crippen LogP) is 7.02. The molecule has 3 aromatic rings. The minimum atomic E-state index is -0.525.